The number of ether oxygens (including phenoxy) is 3. The Kier molecular flexibility index (Phi) is 9.23. The largest absolute Gasteiger partial charge is 0.497 e. The number of hydrogen-bond donors (Lipinski definition) is 0. The van der Waals surface area contributed by atoms with E-state index in [4.69, 9.17) is 14.2 Å². The number of hydrogen-bond acceptors (Lipinski definition) is 9. The van der Waals surface area contributed by atoms with Crippen molar-refractivity contribution in [1.29, 1.82) is 0 Å². The predicted octanol–water partition coefficient (Wildman–Crippen LogP) is 5.08. The van der Waals surface area contributed by atoms with Gasteiger partial charge in [-0.1, -0.05) is 0 Å². The van der Waals surface area contributed by atoms with Crippen molar-refractivity contribution in [3.63, 3.8) is 0 Å². The van der Waals surface area contributed by atoms with Crippen LogP contribution in [0.25, 0.3) is 10.6 Å². The number of benzene rings is 1. The SMILES string of the molecule is CCOC(=O)c1csc(-c2ccc(OC)cc2)n1.CCOC(=O)c1csc(Br)n1. The quantitative estimate of drug-likeness (QED) is 0.437. The molecule has 0 N–H and O–H groups in total. The van der Waals surface area contributed by atoms with Crippen molar-refractivity contribution >= 4 is 50.5 Å². The highest BCUT2D eigenvalue weighted by atomic mass is 79.9. The van der Waals surface area contributed by atoms with E-state index in [1.54, 1.807) is 31.7 Å². The van der Waals surface area contributed by atoms with E-state index >= 15 is 0 Å². The van der Waals surface area contributed by atoms with Crippen LogP contribution in [0.1, 0.15) is 34.8 Å². The van der Waals surface area contributed by atoms with Crippen molar-refractivity contribution < 1.29 is 23.8 Å². The van der Waals surface area contributed by atoms with Crippen LogP contribution in [0.5, 0.6) is 5.75 Å². The highest BCUT2D eigenvalue weighted by Crippen LogP contribution is 2.25. The Morgan fingerprint density at radius 3 is 1.97 bits per heavy atom. The van der Waals surface area contributed by atoms with Crippen molar-refractivity contribution in [3.8, 4) is 16.3 Å². The van der Waals surface area contributed by atoms with Gasteiger partial charge in [-0.3, -0.25) is 0 Å². The summed E-state index contributed by atoms with van der Waals surface area (Å²) in [5.41, 5.74) is 1.67. The topological polar surface area (TPSA) is 87.6 Å². The third-order valence-electron chi connectivity index (χ3n) is 3.29. The first-order chi connectivity index (χ1) is 14.0. The number of methoxy groups -OCH3 is 1. The number of nitrogens with zero attached hydrogens (tertiary/aromatic N) is 2. The molecule has 0 saturated carbocycles. The first-order valence-corrected chi connectivity index (χ1v) is 11.1. The molecule has 1 aromatic carbocycles. The van der Waals surface area contributed by atoms with Gasteiger partial charge in [-0.05, 0) is 54.0 Å². The number of carbonyl (C=O) groups is 2. The Bertz CT molecular complexity index is 940. The number of aromatic nitrogens is 2. The van der Waals surface area contributed by atoms with Gasteiger partial charge < -0.3 is 14.2 Å². The minimum absolute atomic E-state index is 0.354. The molecule has 0 aliphatic carbocycles. The molecule has 0 radical (unpaired) electrons. The number of esters is 2. The maximum absolute atomic E-state index is 11.5. The van der Waals surface area contributed by atoms with E-state index in [1.165, 1.54) is 22.7 Å². The fourth-order valence-electron chi connectivity index (χ4n) is 1.99. The molecule has 29 heavy (non-hydrogen) atoms. The van der Waals surface area contributed by atoms with E-state index in [-0.39, 0.29) is 11.9 Å². The van der Waals surface area contributed by atoms with Crippen LogP contribution in [-0.2, 0) is 9.47 Å². The van der Waals surface area contributed by atoms with Crippen molar-refractivity contribution in [2.24, 2.45) is 0 Å². The average Bonchev–Trinajstić information content (AvgIpc) is 3.38. The van der Waals surface area contributed by atoms with Crippen molar-refractivity contribution in [2.45, 2.75) is 13.8 Å². The maximum atomic E-state index is 11.5. The van der Waals surface area contributed by atoms with E-state index in [2.05, 4.69) is 25.9 Å². The first kappa shape index (κ1) is 23.0. The lowest BCUT2D eigenvalue weighted by molar-refractivity contribution is 0.0511. The number of halogens is 1. The van der Waals surface area contributed by atoms with E-state index in [1.807, 2.05) is 24.3 Å². The van der Waals surface area contributed by atoms with Gasteiger partial charge in [0, 0.05) is 16.3 Å². The van der Waals surface area contributed by atoms with Gasteiger partial charge in [-0.25, -0.2) is 19.6 Å². The third-order valence-corrected chi connectivity index (χ3v) is 5.54. The first-order valence-electron chi connectivity index (χ1n) is 8.53. The molecule has 0 amide bonds. The van der Waals surface area contributed by atoms with E-state index in [9.17, 15) is 9.59 Å². The monoisotopic (exact) mass is 498 g/mol. The summed E-state index contributed by atoms with van der Waals surface area (Å²) in [6.07, 6.45) is 0. The minimum Gasteiger partial charge on any atom is -0.497 e. The molecule has 0 bridgehead atoms. The number of carbonyl (C=O) groups excluding carboxylic acids is 2. The summed E-state index contributed by atoms with van der Waals surface area (Å²) in [5, 5.41) is 4.15. The average molecular weight is 499 g/mol. The van der Waals surface area contributed by atoms with Gasteiger partial charge in [0.2, 0.25) is 0 Å². The van der Waals surface area contributed by atoms with E-state index in [0.717, 1.165) is 16.3 Å². The molecule has 0 fully saturated rings. The summed E-state index contributed by atoms with van der Waals surface area (Å²) >= 11 is 5.93. The fraction of sp³-hybridized carbons (Fsp3) is 0.263. The van der Waals surface area contributed by atoms with Gasteiger partial charge in [0.25, 0.3) is 0 Å². The molecule has 0 saturated heterocycles. The van der Waals surface area contributed by atoms with Gasteiger partial charge in [-0.15, -0.1) is 22.7 Å². The van der Waals surface area contributed by atoms with Crippen LogP contribution in [-0.4, -0.2) is 42.2 Å². The molecule has 0 aliphatic rings. The second kappa shape index (κ2) is 11.6. The van der Waals surface area contributed by atoms with Gasteiger partial charge in [0.15, 0.2) is 15.3 Å². The number of thiazole rings is 2. The van der Waals surface area contributed by atoms with Crippen molar-refractivity contribution in [2.75, 3.05) is 20.3 Å². The highest BCUT2D eigenvalue weighted by Gasteiger charge is 2.12. The van der Waals surface area contributed by atoms with Gasteiger partial charge >= 0.3 is 11.9 Å². The molecule has 154 valence electrons. The zero-order chi connectivity index (χ0) is 21.2. The molecule has 10 heteroatoms. The Hall–Kier alpha value is -2.30. The lowest BCUT2D eigenvalue weighted by Crippen LogP contribution is -2.04. The second-order valence-electron chi connectivity index (χ2n) is 5.19. The molecule has 0 spiro atoms. The Labute approximate surface area is 184 Å². The van der Waals surface area contributed by atoms with Crippen LogP contribution in [0.3, 0.4) is 0 Å². The molecular weight excluding hydrogens is 480 g/mol. The summed E-state index contributed by atoms with van der Waals surface area (Å²) in [6, 6.07) is 7.54. The third kappa shape index (κ3) is 6.91. The zero-order valence-electron chi connectivity index (χ0n) is 16.0. The van der Waals surface area contributed by atoms with Crippen LogP contribution >= 0.6 is 38.6 Å². The van der Waals surface area contributed by atoms with Crippen molar-refractivity contribution in [3.05, 3.63) is 50.3 Å². The summed E-state index contributed by atoms with van der Waals surface area (Å²) in [7, 11) is 1.62. The number of rotatable bonds is 6. The predicted molar refractivity (Wildman–Crippen MR) is 116 cm³/mol. The van der Waals surface area contributed by atoms with Crippen LogP contribution in [0.15, 0.2) is 38.9 Å². The van der Waals surface area contributed by atoms with Crippen LogP contribution in [0.4, 0.5) is 0 Å². The molecule has 0 atom stereocenters. The standard InChI is InChI=1S/C13H13NO3S.C6H6BrNO2S/c1-3-17-13(15)11-8-18-12(14-11)9-4-6-10(16-2)7-5-9;1-2-10-5(9)4-3-11-6(7)8-4/h4-8H,3H2,1-2H3;3H,2H2,1H3. The molecule has 7 nitrogen and oxygen atoms in total. The molecule has 2 heterocycles. The maximum Gasteiger partial charge on any atom is 0.357 e. The minimum atomic E-state index is -0.381. The summed E-state index contributed by atoms with van der Waals surface area (Å²) in [5.74, 6) is 0.0453. The summed E-state index contributed by atoms with van der Waals surface area (Å²) < 4.78 is 15.4. The Morgan fingerprint density at radius 1 is 0.931 bits per heavy atom. The van der Waals surface area contributed by atoms with E-state index < -0.39 is 0 Å². The lowest BCUT2D eigenvalue weighted by atomic mass is 10.2. The molecule has 0 unspecified atom stereocenters. The smallest absolute Gasteiger partial charge is 0.357 e. The molecule has 3 aromatic rings. The molecule has 2 aromatic heterocycles. The summed E-state index contributed by atoms with van der Waals surface area (Å²) in [6.45, 7) is 4.27. The highest BCUT2D eigenvalue weighted by molar-refractivity contribution is 9.11. The van der Waals surface area contributed by atoms with E-state index in [0.29, 0.717) is 28.5 Å². The molecule has 0 aliphatic heterocycles. The van der Waals surface area contributed by atoms with Crippen LogP contribution < -0.4 is 4.74 Å². The van der Waals surface area contributed by atoms with Crippen LogP contribution in [0, 0.1) is 0 Å². The van der Waals surface area contributed by atoms with Gasteiger partial charge in [-0.2, -0.15) is 0 Å². The zero-order valence-corrected chi connectivity index (χ0v) is 19.2. The Morgan fingerprint density at radius 2 is 1.48 bits per heavy atom. The lowest BCUT2D eigenvalue weighted by Gasteiger charge is -2.00. The van der Waals surface area contributed by atoms with Gasteiger partial charge in [0.1, 0.15) is 10.8 Å². The van der Waals surface area contributed by atoms with Crippen molar-refractivity contribution in [1.82, 2.24) is 9.97 Å². The summed E-state index contributed by atoms with van der Waals surface area (Å²) in [4.78, 5) is 30.6. The second-order valence-corrected chi connectivity index (χ2v) is 8.19. The molecular formula is C19H19BrN2O5S2. The molecule has 3 rings (SSSR count). The fourth-order valence-corrected chi connectivity index (χ4v) is 3.77. The van der Waals surface area contributed by atoms with Crippen LogP contribution in [0.2, 0.25) is 0 Å². The Balaban J connectivity index is 0.000000234. The van der Waals surface area contributed by atoms with Gasteiger partial charge in [0.05, 0.1) is 20.3 Å². The normalized spacial score (nSPS) is 9.93.